The smallest absolute Gasteiger partial charge is 0.408 e. The summed E-state index contributed by atoms with van der Waals surface area (Å²) < 4.78 is 6.79. The Morgan fingerprint density at radius 3 is 2.94 bits per heavy atom. The lowest BCUT2D eigenvalue weighted by Crippen LogP contribution is -2.14. The molecule has 0 spiro atoms. The third kappa shape index (κ3) is 1.96. The van der Waals surface area contributed by atoms with Crippen LogP contribution in [0.1, 0.15) is 26.2 Å². The molecule has 2 N–H and O–H groups in total. The van der Waals surface area contributed by atoms with Crippen molar-refractivity contribution < 1.29 is 4.42 Å². The first kappa shape index (κ1) is 10.8. The van der Waals surface area contributed by atoms with Gasteiger partial charge in [0.2, 0.25) is 0 Å². The summed E-state index contributed by atoms with van der Waals surface area (Å²) in [5, 5.41) is 0. The van der Waals surface area contributed by atoms with E-state index in [2.05, 4.69) is 6.92 Å². The molecule has 0 amide bonds. The Hall–Kier alpha value is -1.71. The van der Waals surface area contributed by atoms with Gasteiger partial charge in [-0.15, -0.1) is 0 Å². The maximum atomic E-state index is 11.6. The second-order valence-corrected chi connectivity index (χ2v) is 3.95. The summed E-state index contributed by atoms with van der Waals surface area (Å²) in [7, 11) is 0. The summed E-state index contributed by atoms with van der Waals surface area (Å²) in [6.07, 6.45) is 3.23. The minimum atomic E-state index is -0.295. The van der Waals surface area contributed by atoms with E-state index in [1.807, 2.05) is 0 Å². The Labute approximate surface area is 93.7 Å². The number of nitrogens with zero attached hydrogens (tertiary/aromatic N) is 1. The molecule has 0 aliphatic rings. The standard InChI is InChI=1S/C12H16N2O2/c1-2-3-4-7-14-10-8-9(13)5-6-11(10)16-12(14)15/h5-6,8H,2-4,7,13H2,1H3. The average molecular weight is 220 g/mol. The van der Waals surface area contributed by atoms with Gasteiger partial charge in [0.25, 0.3) is 0 Å². The molecule has 0 saturated carbocycles. The molecule has 0 unspecified atom stereocenters. The van der Waals surface area contributed by atoms with Crippen LogP contribution in [0.2, 0.25) is 0 Å². The number of aryl methyl sites for hydroxylation is 1. The number of nitrogen functional groups attached to an aromatic ring is 1. The highest BCUT2D eigenvalue weighted by Crippen LogP contribution is 2.16. The molecule has 0 aliphatic carbocycles. The summed E-state index contributed by atoms with van der Waals surface area (Å²) in [5.74, 6) is -0.295. The Morgan fingerprint density at radius 2 is 2.19 bits per heavy atom. The van der Waals surface area contributed by atoms with Gasteiger partial charge in [-0.1, -0.05) is 19.8 Å². The summed E-state index contributed by atoms with van der Waals surface area (Å²) in [4.78, 5) is 11.6. The van der Waals surface area contributed by atoms with Gasteiger partial charge in [-0.25, -0.2) is 4.79 Å². The second-order valence-electron chi connectivity index (χ2n) is 3.95. The van der Waals surface area contributed by atoms with Crippen LogP contribution in [0.3, 0.4) is 0 Å². The number of hydrogen-bond donors (Lipinski definition) is 1. The molecule has 1 aromatic carbocycles. The summed E-state index contributed by atoms with van der Waals surface area (Å²) in [6.45, 7) is 2.83. The molecular formula is C12H16N2O2. The van der Waals surface area contributed by atoms with E-state index in [9.17, 15) is 4.79 Å². The highest BCUT2D eigenvalue weighted by molar-refractivity contribution is 5.76. The minimum Gasteiger partial charge on any atom is -0.408 e. The number of benzene rings is 1. The van der Waals surface area contributed by atoms with Gasteiger partial charge in [0.05, 0.1) is 5.52 Å². The van der Waals surface area contributed by atoms with Crippen LogP contribution in [0, 0.1) is 0 Å². The van der Waals surface area contributed by atoms with Crippen molar-refractivity contribution in [3.05, 3.63) is 28.7 Å². The van der Waals surface area contributed by atoms with E-state index in [0.717, 1.165) is 24.8 Å². The first-order valence-electron chi connectivity index (χ1n) is 5.61. The van der Waals surface area contributed by atoms with Crippen molar-refractivity contribution in [2.75, 3.05) is 5.73 Å². The number of fused-ring (bicyclic) bond motifs is 1. The number of oxazole rings is 1. The van der Waals surface area contributed by atoms with E-state index >= 15 is 0 Å². The van der Waals surface area contributed by atoms with E-state index in [4.69, 9.17) is 10.2 Å². The van der Waals surface area contributed by atoms with Crippen LogP contribution in [-0.2, 0) is 6.54 Å². The van der Waals surface area contributed by atoms with Crippen LogP contribution in [0.15, 0.2) is 27.4 Å². The van der Waals surface area contributed by atoms with Gasteiger partial charge >= 0.3 is 5.76 Å². The maximum Gasteiger partial charge on any atom is 0.419 e. The zero-order valence-electron chi connectivity index (χ0n) is 9.40. The number of anilines is 1. The van der Waals surface area contributed by atoms with E-state index in [1.54, 1.807) is 22.8 Å². The molecule has 2 aromatic rings. The summed E-state index contributed by atoms with van der Waals surface area (Å²) in [6, 6.07) is 5.26. The molecule has 0 bridgehead atoms. The van der Waals surface area contributed by atoms with Crippen LogP contribution in [0.5, 0.6) is 0 Å². The zero-order valence-corrected chi connectivity index (χ0v) is 9.40. The van der Waals surface area contributed by atoms with Gasteiger partial charge in [0.15, 0.2) is 5.58 Å². The summed E-state index contributed by atoms with van der Waals surface area (Å²) >= 11 is 0. The van der Waals surface area contributed by atoms with E-state index in [1.165, 1.54) is 0 Å². The van der Waals surface area contributed by atoms with Crippen LogP contribution in [0.4, 0.5) is 5.69 Å². The largest absolute Gasteiger partial charge is 0.419 e. The SMILES string of the molecule is CCCCCn1c(=O)oc2ccc(N)cc21. The Morgan fingerprint density at radius 1 is 1.38 bits per heavy atom. The molecule has 0 aliphatic heterocycles. The monoisotopic (exact) mass is 220 g/mol. The van der Waals surface area contributed by atoms with Crippen molar-refractivity contribution in [3.8, 4) is 0 Å². The molecule has 2 rings (SSSR count). The maximum absolute atomic E-state index is 11.6. The Bertz CT molecular complexity index is 539. The number of unbranched alkanes of at least 4 members (excludes halogenated alkanes) is 2. The van der Waals surface area contributed by atoms with Crippen molar-refractivity contribution in [2.45, 2.75) is 32.7 Å². The molecule has 1 aromatic heterocycles. The van der Waals surface area contributed by atoms with Gasteiger partial charge in [0.1, 0.15) is 0 Å². The lowest BCUT2D eigenvalue weighted by molar-refractivity contribution is 0.491. The minimum absolute atomic E-state index is 0.295. The highest BCUT2D eigenvalue weighted by Gasteiger charge is 2.08. The lowest BCUT2D eigenvalue weighted by Gasteiger charge is -2.01. The fraction of sp³-hybridized carbons (Fsp3) is 0.417. The van der Waals surface area contributed by atoms with Gasteiger partial charge in [-0.3, -0.25) is 4.57 Å². The molecule has 16 heavy (non-hydrogen) atoms. The first-order chi connectivity index (χ1) is 7.72. The molecule has 0 radical (unpaired) electrons. The Balaban J connectivity index is 2.38. The molecule has 86 valence electrons. The first-order valence-corrected chi connectivity index (χ1v) is 5.61. The molecule has 4 nitrogen and oxygen atoms in total. The lowest BCUT2D eigenvalue weighted by atomic mass is 10.2. The normalized spacial score (nSPS) is 11.1. The fourth-order valence-electron chi connectivity index (χ4n) is 1.81. The van der Waals surface area contributed by atoms with Crippen LogP contribution >= 0.6 is 0 Å². The highest BCUT2D eigenvalue weighted by atomic mass is 16.4. The predicted molar refractivity (Wildman–Crippen MR) is 64.4 cm³/mol. The van der Waals surface area contributed by atoms with Gasteiger partial charge < -0.3 is 10.2 Å². The van der Waals surface area contributed by atoms with E-state index in [-0.39, 0.29) is 5.76 Å². The van der Waals surface area contributed by atoms with E-state index in [0.29, 0.717) is 17.8 Å². The molecule has 0 atom stereocenters. The van der Waals surface area contributed by atoms with Crippen molar-refractivity contribution >= 4 is 16.8 Å². The number of aromatic nitrogens is 1. The predicted octanol–water partition coefficient (Wildman–Crippen LogP) is 2.37. The number of rotatable bonds is 4. The van der Waals surface area contributed by atoms with Crippen molar-refractivity contribution in [1.82, 2.24) is 4.57 Å². The molecule has 0 fully saturated rings. The molecular weight excluding hydrogens is 204 g/mol. The van der Waals surface area contributed by atoms with Crippen molar-refractivity contribution in [1.29, 1.82) is 0 Å². The van der Waals surface area contributed by atoms with Gasteiger partial charge in [-0.2, -0.15) is 0 Å². The zero-order chi connectivity index (χ0) is 11.5. The average Bonchev–Trinajstić information content (AvgIpc) is 2.56. The third-order valence-electron chi connectivity index (χ3n) is 2.68. The molecule has 1 heterocycles. The van der Waals surface area contributed by atoms with Gasteiger partial charge in [0, 0.05) is 12.2 Å². The third-order valence-corrected chi connectivity index (χ3v) is 2.68. The molecule has 0 saturated heterocycles. The summed E-state index contributed by atoms with van der Waals surface area (Å²) in [5.41, 5.74) is 7.75. The van der Waals surface area contributed by atoms with Crippen molar-refractivity contribution in [3.63, 3.8) is 0 Å². The molecule has 4 heteroatoms. The number of hydrogen-bond acceptors (Lipinski definition) is 3. The number of nitrogens with two attached hydrogens (primary N) is 1. The quantitative estimate of drug-likeness (QED) is 0.635. The van der Waals surface area contributed by atoms with Crippen LogP contribution in [-0.4, -0.2) is 4.57 Å². The topological polar surface area (TPSA) is 61.2 Å². The Kier molecular flexibility index (Phi) is 2.99. The van der Waals surface area contributed by atoms with Gasteiger partial charge in [-0.05, 0) is 24.6 Å². The van der Waals surface area contributed by atoms with Crippen LogP contribution < -0.4 is 11.5 Å². The second kappa shape index (κ2) is 4.43. The van der Waals surface area contributed by atoms with Crippen LogP contribution in [0.25, 0.3) is 11.1 Å². The van der Waals surface area contributed by atoms with Crippen molar-refractivity contribution in [2.24, 2.45) is 0 Å². The van der Waals surface area contributed by atoms with E-state index < -0.39 is 0 Å². The fourth-order valence-corrected chi connectivity index (χ4v) is 1.81.